The normalized spacial score (nSPS) is 30.2. The van der Waals surface area contributed by atoms with Crippen molar-refractivity contribution < 1.29 is 4.74 Å². The molecule has 3 aliphatic heterocycles. The maximum atomic E-state index is 5.66. The molecule has 0 bridgehead atoms. The van der Waals surface area contributed by atoms with Crippen LogP contribution in [-0.2, 0) is 4.74 Å². The van der Waals surface area contributed by atoms with Crippen LogP contribution in [0.1, 0.15) is 44.9 Å². The van der Waals surface area contributed by atoms with Gasteiger partial charge >= 0.3 is 0 Å². The first kappa shape index (κ1) is 20.6. The Morgan fingerprint density at radius 3 is 2.50 bits per heavy atom. The van der Waals surface area contributed by atoms with Crippen molar-refractivity contribution in [3.8, 4) is 0 Å². The summed E-state index contributed by atoms with van der Waals surface area (Å²) in [6.45, 7) is 7.67. The van der Waals surface area contributed by atoms with E-state index in [4.69, 9.17) is 4.74 Å². The Labute approximate surface area is 175 Å². The van der Waals surface area contributed by atoms with Crippen LogP contribution in [0.4, 0.5) is 0 Å². The van der Waals surface area contributed by atoms with Gasteiger partial charge in [-0.2, -0.15) is 0 Å². The topological polar surface area (TPSA) is 52.1 Å². The van der Waals surface area contributed by atoms with Gasteiger partial charge in [0.2, 0.25) is 0 Å². The van der Waals surface area contributed by atoms with E-state index in [1.807, 2.05) is 7.05 Å². The summed E-state index contributed by atoms with van der Waals surface area (Å²) in [5.74, 6) is 0.979. The van der Waals surface area contributed by atoms with Crippen molar-refractivity contribution in [2.75, 3.05) is 53.0 Å². The van der Waals surface area contributed by atoms with E-state index in [1.54, 1.807) is 0 Å². The number of hydrogen-bond donors (Lipinski definition) is 2. The Kier molecular flexibility index (Phi) is 7.44. The lowest BCUT2D eigenvalue weighted by Gasteiger charge is -2.45. The molecule has 0 radical (unpaired) electrons. The summed E-state index contributed by atoms with van der Waals surface area (Å²) in [6, 6.07) is 1.42. The van der Waals surface area contributed by atoms with Crippen molar-refractivity contribution in [1.29, 1.82) is 0 Å². The quantitative estimate of drug-likeness (QED) is 0.359. The smallest absolute Gasteiger partial charge is 0.191 e. The van der Waals surface area contributed by atoms with Gasteiger partial charge in [0, 0.05) is 57.5 Å². The van der Waals surface area contributed by atoms with Crippen molar-refractivity contribution in [3.05, 3.63) is 0 Å². The highest BCUT2D eigenvalue weighted by Crippen LogP contribution is 2.31. The van der Waals surface area contributed by atoms with Crippen LogP contribution in [0, 0.1) is 0 Å². The Hall–Kier alpha value is -0.120. The standard InChI is InChI=1S/C19H35N5O.HI/c1-20-18(22-16-6-11-23(14-16)17-4-5-17)21-15-19(7-12-25-13-8-19)24-9-2-3-10-24;/h16-17H,2-15H2,1H3,(H2,20,21,22);1H. The zero-order valence-corrected chi connectivity index (χ0v) is 18.5. The number of guanidine groups is 1. The Bertz CT molecular complexity index is 473. The monoisotopic (exact) mass is 477 g/mol. The summed E-state index contributed by atoms with van der Waals surface area (Å²) in [6.07, 6.45) is 9.00. The fourth-order valence-electron chi connectivity index (χ4n) is 4.86. The van der Waals surface area contributed by atoms with E-state index in [-0.39, 0.29) is 29.5 Å². The van der Waals surface area contributed by atoms with Crippen molar-refractivity contribution in [1.82, 2.24) is 20.4 Å². The summed E-state index contributed by atoms with van der Waals surface area (Å²) in [7, 11) is 1.90. The van der Waals surface area contributed by atoms with E-state index in [0.717, 1.165) is 44.6 Å². The molecule has 0 amide bonds. The van der Waals surface area contributed by atoms with Gasteiger partial charge in [-0.15, -0.1) is 24.0 Å². The SMILES string of the molecule is CN=C(NCC1(N2CCCC2)CCOCC1)NC1CCN(C2CC2)C1.I. The van der Waals surface area contributed by atoms with Gasteiger partial charge in [-0.1, -0.05) is 0 Å². The van der Waals surface area contributed by atoms with E-state index >= 15 is 0 Å². The van der Waals surface area contributed by atoms with Crippen LogP contribution >= 0.6 is 24.0 Å². The van der Waals surface area contributed by atoms with Crippen LogP contribution in [-0.4, -0.2) is 86.4 Å². The maximum Gasteiger partial charge on any atom is 0.191 e. The van der Waals surface area contributed by atoms with Crippen molar-refractivity contribution >= 4 is 29.9 Å². The molecule has 0 aromatic heterocycles. The van der Waals surface area contributed by atoms with Crippen LogP contribution in [0.25, 0.3) is 0 Å². The highest BCUT2D eigenvalue weighted by molar-refractivity contribution is 14.0. The van der Waals surface area contributed by atoms with Crippen LogP contribution in [0.5, 0.6) is 0 Å². The summed E-state index contributed by atoms with van der Waals surface area (Å²) in [5, 5.41) is 7.34. The Morgan fingerprint density at radius 1 is 1.12 bits per heavy atom. The van der Waals surface area contributed by atoms with Gasteiger partial charge in [0.05, 0.1) is 0 Å². The second kappa shape index (κ2) is 9.39. The molecular weight excluding hydrogens is 441 g/mol. The molecule has 4 fully saturated rings. The lowest BCUT2D eigenvalue weighted by molar-refractivity contribution is -0.0164. The van der Waals surface area contributed by atoms with Crippen LogP contribution in [0.2, 0.25) is 0 Å². The van der Waals surface area contributed by atoms with Gasteiger partial charge in [0.15, 0.2) is 5.96 Å². The average molecular weight is 477 g/mol. The second-order valence-electron chi connectivity index (χ2n) is 8.31. The third-order valence-electron chi connectivity index (χ3n) is 6.63. The molecule has 26 heavy (non-hydrogen) atoms. The number of ether oxygens (including phenoxy) is 1. The molecule has 3 saturated heterocycles. The lowest BCUT2D eigenvalue weighted by Crippen LogP contribution is -2.59. The molecule has 1 unspecified atom stereocenters. The highest BCUT2D eigenvalue weighted by Gasteiger charge is 2.40. The van der Waals surface area contributed by atoms with E-state index in [0.29, 0.717) is 6.04 Å². The molecular formula is C19H36IN5O. The first-order chi connectivity index (χ1) is 12.3. The van der Waals surface area contributed by atoms with Crippen LogP contribution < -0.4 is 10.6 Å². The molecule has 1 aliphatic carbocycles. The highest BCUT2D eigenvalue weighted by atomic mass is 127. The third-order valence-corrected chi connectivity index (χ3v) is 6.63. The minimum absolute atomic E-state index is 0. The zero-order valence-electron chi connectivity index (χ0n) is 16.2. The van der Waals surface area contributed by atoms with Gasteiger partial charge in [-0.3, -0.25) is 14.8 Å². The van der Waals surface area contributed by atoms with E-state index in [1.165, 1.54) is 58.3 Å². The number of nitrogens with one attached hydrogen (secondary N) is 2. The fourth-order valence-corrected chi connectivity index (χ4v) is 4.86. The van der Waals surface area contributed by atoms with Crippen LogP contribution in [0.15, 0.2) is 4.99 Å². The Morgan fingerprint density at radius 2 is 1.85 bits per heavy atom. The average Bonchev–Trinajstić information content (AvgIpc) is 3.15. The molecule has 4 rings (SSSR count). The molecule has 150 valence electrons. The van der Waals surface area contributed by atoms with E-state index < -0.39 is 0 Å². The van der Waals surface area contributed by atoms with Gasteiger partial charge < -0.3 is 15.4 Å². The first-order valence-corrected chi connectivity index (χ1v) is 10.3. The molecule has 6 nitrogen and oxygen atoms in total. The molecule has 1 saturated carbocycles. The van der Waals surface area contributed by atoms with E-state index in [2.05, 4.69) is 25.4 Å². The number of rotatable bonds is 5. The number of likely N-dealkylation sites (tertiary alicyclic amines) is 2. The number of aliphatic imine (C=N–C) groups is 1. The molecule has 0 aromatic carbocycles. The molecule has 0 aromatic rings. The molecule has 1 atom stereocenters. The fraction of sp³-hybridized carbons (Fsp3) is 0.947. The second-order valence-corrected chi connectivity index (χ2v) is 8.31. The molecule has 4 aliphatic rings. The van der Waals surface area contributed by atoms with Gasteiger partial charge in [0.25, 0.3) is 0 Å². The Balaban J connectivity index is 0.00000196. The third kappa shape index (κ3) is 4.83. The van der Waals surface area contributed by atoms with E-state index in [9.17, 15) is 0 Å². The number of halogens is 1. The zero-order chi connectivity index (χ0) is 17.1. The molecule has 2 N–H and O–H groups in total. The van der Waals surface area contributed by atoms with Crippen molar-refractivity contribution in [2.24, 2.45) is 4.99 Å². The predicted octanol–water partition coefficient (Wildman–Crippen LogP) is 1.65. The van der Waals surface area contributed by atoms with Gasteiger partial charge in [-0.25, -0.2) is 0 Å². The summed E-state index contributed by atoms with van der Waals surface area (Å²) in [5.41, 5.74) is 0.252. The maximum absolute atomic E-state index is 5.66. The number of nitrogens with zero attached hydrogens (tertiary/aromatic N) is 3. The number of hydrogen-bond acceptors (Lipinski definition) is 4. The van der Waals surface area contributed by atoms with Crippen molar-refractivity contribution in [3.63, 3.8) is 0 Å². The molecule has 0 spiro atoms. The van der Waals surface area contributed by atoms with Gasteiger partial charge in [0.1, 0.15) is 0 Å². The first-order valence-electron chi connectivity index (χ1n) is 10.3. The minimum Gasteiger partial charge on any atom is -0.381 e. The summed E-state index contributed by atoms with van der Waals surface area (Å²) in [4.78, 5) is 9.86. The lowest BCUT2D eigenvalue weighted by atomic mass is 9.88. The van der Waals surface area contributed by atoms with Gasteiger partial charge in [-0.05, 0) is 58.0 Å². The van der Waals surface area contributed by atoms with Crippen LogP contribution in [0.3, 0.4) is 0 Å². The molecule has 7 heteroatoms. The summed E-state index contributed by atoms with van der Waals surface area (Å²) < 4.78 is 5.66. The summed E-state index contributed by atoms with van der Waals surface area (Å²) >= 11 is 0. The largest absolute Gasteiger partial charge is 0.381 e. The van der Waals surface area contributed by atoms with Crippen molar-refractivity contribution in [2.45, 2.75) is 62.6 Å². The minimum atomic E-state index is 0. The molecule has 3 heterocycles. The predicted molar refractivity (Wildman–Crippen MR) is 117 cm³/mol.